The average molecular weight is 629 g/mol. The molecule has 1 atom stereocenters. The molecule has 0 heterocycles. The highest BCUT2D eigenvalue weighted by Crippen LogP contribution is 2.29. The van der Waals surface area contributed by atoms with Crippen molar-refractivity contribution >= 4 is 62.3 Å². The first-order valence-electron chi connectivity index (χ1n) is 12.5. The lowest BCUT2D eigenvalue weighted by Gasteiger charge is -2.33. The second kappa shape index (κ2) is 14.2. The summed E-state index contributed by atoms with van der Waals surface area (Å²) in [6, 6.07) is 14.7. The number of nitrogens with zero attached hydrogens (tertiary/aromatic N) is 2. The van der Waals surface area contributed by atoms with Crippen LogP contribution >= 0.6 is 34.8 Å². The van der Waals surface area contributed by atoms with Gasteiger partial charge in [-0.25, -0.2) is 12.8 Å². The second-order valence-electron chi connectivity index (χ2n) is 8.90. The van der Waals surface area contributed by atoms with E-state index in [1.807, 2.05) is 6.92 Å². The molecule has 0 spiro atoms. The van der Waals surface area contributed by atoms with E-state index in [0.29, 0.717) is 23.6 Å². The number of rotatable bonds is 12. The zero-order valence-electron chi connectivity index (χ0n) is 21.9. The molecule has 0 saturated heterocycles. The van der Waals surface area contributed by atoms with E-state index in [4.69, 9.17) is 34.8 Å². The summed E-state index contributed by atoms with van der Waals surface area (Å²) in [6.07, 6.45) is 0.938. The molecular formula is C28H29Cl3FN3O4S. The summed E-state index contributed by atoms with van der Waals surface area (Å²) >= 11 is 18.4. The number of halogens is 4. The molecule has 1 unspecified atom stereocenters. The van der Waals surface area contributed by atoms with Crippen LogP contribution < -0.4 is 9.62 Å². The van der Waals surface area contributed by atoms with Gasteiger partial charge in [0.1, 0.15) is 18.4 Å². The van der Waals surface area contributed by atoms with Crippen LogP contribution in [-0.4, -0.2) is 44.3 Å². The van der Waals surface area contributed by atoms with Crippen molar-refractivity contribution in [2.24, 2.45) is 0 Å². The highest BCUT2D eigenvalue weighted by atomic mass is 35.5. The second-order valence-corrected chi connectivity index (χ2v) is 12.0. The molecule has 0 radical (unpaired) electrons. The zero-order valence-corrected chi connectivity index (χ0v) is 25.0. The van der Waals surface area contributed by atoms with Crippen molar-refractivity contribution in [3.8, 4) is 0 Å². The molecule has 214 valence electrons. The molecule has 7 nitrogen and oxygen atoms in total. The third kappa shape index (κ3) is 7.66. The number of amides is 2. The van der Waals surface area contributed by atoms with E-state index in [9.17, 15) is 22.4 Å². The molecule has 40 heavy (non-hydrogen) atoms. The SMILES string of the molecule is CCCNC(=O)C(CC)N(Cc1ccc(Cl)cc1Cl)C(=O)CN(c1ccc(F)c(Cl)c1)S(=O)(=O)c1ccccc1. The van der Waals surface area contributed by atoms with Crippen LogP contribution in [0, 0.1) is 5.82 Å². The lowest BCUT2D eigenvalue weighted by Crippen LogP contribution is -2.52. The van der Waals surface area contributed by atoms with E-state index >= 15 is 0 Å². The van der Waals surface area contributed by atoms with Crippen molar-refractivity contribution in [3.63, 3.8) is 0 Å². The predicted octanol–water partition coefficient (Wildman–Crippen LogP) is 6.31. The summed E-state index contributed by atoms with van der Waals surface area (Å²) in [7, 11) is -4.31. The van der Waals surface area contributed by atoms with Gasteiger partial charge >= 0.3 is 0 Å². The topological polar surface area (TPSA) is 86.8 Å². The third-order valence-electron chi connectivity index (χ3n) is 6.09. The summed E-state index contributed by atoms with van der Waals surface area (Å²) < 4.78 is 42.3. The standard InChI is InChI=1S/C28H29Cl3FN3O4S/c1-3-14-33-28(37)26(4-2)34(17-19-10-11-20(29)15-23(19)30)27(36)18-35(21-12-13-25(32)24(31)16-21)40(38,39)22-8-6-5-7-9-22/h5-13,15-16,26H,3-4,14,17-18H2,1-2H3,(H,33,37). The number of nitrogens with one attached hydrogen (secondary N) is 1. The van der Waals surface area contributed by atoms with Crippen molar-refractivity contribution in [1.82, 2.24) is 10.2 Å². The molecule has 0 aliphatic rings. The Hall–Kier alpha value is -2.85. The number of benzene rings is 3. The quantitative estimate of drug-likeness (QED) is 0.255. The minimum absolute atomic E-state index is 0.0171. The van der Waals surface area contributed by atoms with Crippen LogP contribution in [0.2, 0.25) is 15.1 Å². The average Bonchev–Trinajstić information content (AvgIpc) is 2.93. The molecule has 2 amide bonds. The number of sulfonamides is 1. The van der Waals surface area contributed by atoms with E-state index < -0.39 is 34.3 Å². The molecule has 0 aliphatic heterocycles. The Bertz CT molecular complexity index is 1460. The zero-order chi connectivity index (χ0) is 29.4. The summed E-state index contributed by atoms with van der Waals surface area (Å²) in [6.45, 7) is 3.27. The maximum atomic E-state index is 14.0. The fraction of sp³-hybridized carbons (Fsp3) is 0.286. The monoisotopic (exact) mass is 627 g/mol. The smallest absolute Gasteiger partial charge is 0.264 e. The van der Waals surface area contributed by atoms with Crippen LogP contribution in [0.5, 0.6) is 0 Å². The number of hydrogen-bond acceptors (Lipinski definition) is 4. The van der Waals surface area contributed by atoms with Gasteiger partial charge in [-0.1, -0.05) is 72.9 Å². The summed E-state index contributed by atoms with van der Waals surface area (Å²) in [4.78, 5) is 28.3. The van der Waals surface area contributed by atoms with Crippen LogP contribution in [0.25, 0.3) is 0 Å². The molecule has 0 fully saturated rings. The minimum Gasteiger partial charge on any atom is -0.354 e. The lowest BCUT2D eigenvalue weighted by molar-refractivity contribution is -0.140. The van der Waals surface area contributed by atoms with Gasteiger partial charge in [-0.15, -0.1) is 0 Å². The number of anilines is 1. The van der Waals surface area contributed by atoms with E-state index in [1.165, 1.54) is 29.2 Å². The fourth-order valence-corrected chi connectivity index (χ4v) is 6.08. The van der Waals surface area contributed by atoms with Gasteiger partial charge in [0.25, 0.3) is 10.0 Å². The maximum Gasteiger partial charge on any atom is 0.264 e. The Morgan fingerprint density at radius 1 is 0.950 bits per heavy atom. The minimum atomic E-state index is -4.31. The first-order valence-corrected chi connectivity index (χ1v) is 15.1. The molecule has 3 aromatic carbocycles. The molecule has 0 saturated carbocycles. The molecule has 3 rings (SSSR count). The van der Waals surface area contributed by atoms with Gasteiger partial charge in [0.2, 0.25) is 11.8 Å². The Morgan fingerprint density at radius 3 is 2.25 bits per heavy atom. The van der Waals surface area contributed by atoms with Gasteiger partial charge < -0.3 is 10.2 Å². The van der Waals surface area contributed by atoms with Crippen LogP contribution in [0.3, 0.4) is 0 Å². The first-order chi connectivity index (χ1) is 19.0. The summed E-state index contributed by atoms with van der Waals surface area (Å²) in [5, 5.41) is 3.17. The Balaban J connectivity index is 2.08. The summed E-state index contributed by atoms with van der Waals surface area (Å²) in [5.41, 5.74) is 0.500. The Kier molecular flexibility index (Phi) is 11.2. The van der Waals surface area contributed by atoms with Crippen LogP contribution in [0.15, 0.2) is 71.6 Å². The largest absolute Gasteiger partial charge is 0.354 e. The maximum absolute atomic E-state index is 14.0. The highest BCUT2D eigenvalue weighted by Gasteiger charge is 2.34. The van der Waals surface area contributed by atoms with Gasteiger partial charge in [0, 0.05) is 23.1 Å². The highest BCUT2D eigenvalue weighted by molar-refractivity contribution is 7.92. The van der Waals surface area contributed by atoms with E-state index in [2.05, 4.69) is 5.32 Å². The van der Waals surface area contributed by atoms with Gasteiger partial charge in [-0.05, 0) is 60.9 Å². The molecule has 12 heteroatoms. The molecular weight excluding hydrogens is 600 g/mol. The Labute approximate surface area is 248 Å². The van der Waals surface area contributed by atoms with Crippen LogP contribution in [0.4, 0.5) is 10.1 Å². The van der Waals surface area contributed by atoms with Gasteiger partial charge in [0.15, 0.2) is 0 Å². The molecule has 3 aromatic rings. The molecule has 0 bridgehead atoms. The van der Waals surface area contributed by atoms with Crippen molar-refractivity contribution in [2.45, 2.75) is 44.2 Å². The number of carbonyl (C=O) groups excluding carboxylic acids is 2. The first kappa shape index (κ1) is 31.7. The van der Waals surface area contributed by atoms with Crippen molar-refractivity contribution in [1.29, 1.82) is 0 Å². The van der Waals surface area contributed by atoms with Gasteiger partial charge in [-0.2, -0.15) is 0 Å². The van der Waals surface area contributed by atoms with Crippen LogP contribution in [0.1, 0.15) is 32.3 Å². The van der Waals surface area contributed by atoms with E-state index in [0.717, 1.165) is 16.4 Å². The number of carbonyl (C=O) groups is 2. The van der Waals surface area contributed by atoms with E-state index in [-0.39, 0.29) is 39.5 Å². The van der Waals surface area contributed by atoms with Crippen LogP contribution in [-0.2, 0) is 26.2 Å². The molecule has 0 aliphatic carbocycles. The Morgan fingerprint density at radius 2 is 1.65 bits per heavy atom. The lowest BCUT2D eigenvalue weighted by atomic mass is 10.1. The van der Waals surface area contributed by atoms with Gasteiger partial charge in [0.05, 0.1) is 15.6 Å². The summed E-state index contributed by atoms with van der Waals surface area (Å²) in [5.74, 6) is -1.80. The van der Waals surface area contributed by atoms with Crippen molar-refractivity contribution in [3.05, 3.63) is 93.2 Å². The third-order valence-corrected chi connectivity index (χ3v) is 8.76. The van der Waals surface area contributed by atoms with Crippen molar-refractivity contribution < 1.29 is 22.4 Å². The molecule has 1 N–H and O–H groups in total. The normalized spacial score (nSPS) is 12.1. The fourth-order valence-electron chi connectivity index (χ4n) is 4.01. The number of hydrogen-bond donors (Lipinski definition) is 1. The van der Waals surface area contributed by atoms with Crippen molar-refractivity contribution in [2.75, 3.05) is 17.4 Å². The predicted molar refractivity (Wildman–Crippen MR) is 157 cm³/mol. The van der Waals surface area contributed by atoms with E-state index in [1.54, 1.807) is 37.3 Å². The van der Waals surface area contributed by atoms with Gasteiger partial charge in [-0.3, -0.25) is 13.9 Å². The molecule has 0 aromatic heterocycles.